The van der Waals surface area contributed by atoms with Crippen molar-refractivity contribution in [2.75, 3.05) is 20.8 Å². The predicted molar refractivity (Wildman–Crippen MR) is 130 cm³/mol. The minimum Gasteiger partial charge on any atom is -0.493 e. The monoisotopic (exact) mass is 490 g/mol. The summed E-state index contributed by atoms with van der Waals surface area (Å²) in [6.45, 7) is 7.48. The fourth-order valence-corrected chi connectivity index (χ4v) is 3.34. The minimum atomic E-state index is -0.819. The number of alkyl carbamates (subject to hydrolysis) is 1. The molecule has 0 aliphatic carbocycles. The Labute approximate surface area is 206 Å². The number of hydrogen-bond acceptors (Lipinski definition) is 6. The molecular weight excluding hydrogens is 455 g/mol. The first kappa shape index (κ1) is 27.9. The van der Waals surface area contributed by atoms with E-state index in [0.29, 0.717) is 11.5 Å². The summed E-state index contributed by atoms with van der Waals surface area (Å²) in [5.74, 6) is 0.146. The van der Waals surface area contributed by atoms with E-state index in [-0.39, 0.29) is 37.0 Å². The SMILES string of the molecule is COc1ccc(C(COCc2ccc(F)cc2)NC(=O)C(NC(=O)OC(C)C)C(C)C)cc1OC. The Bertz CT molecular complexity index is 965. The highest BCUT2D eigenvalue weighted by Gasteiger charge is 2.28. The Hall–Kier alpha value is -3.33. The van der Waals surface area contributed by atoms with Gasteiger partial charge in [-0.3, -0.25) is 4.79 Å². The Morgan fingerprint density at radius 3 is 2.14 bits per heavy atom. The molecule has 192 valence electrons. The van der Waals surface area contributed by atoms with Crippen molar-refractivity contribution in [1.82, 2.24) is 10.6 Å². The zero-order valence-corrected chi connectivity index (χ0v) is 21.1. The second kappa shape index (κ2) is 13.5. The Balaban J connectivity index is 2.21. The molecule has 0 bridgehead atoms. The number of carbonyl (C=O) groups excluding carboxylic acids is 2. The maximum absolute atomic E-state index is 13.2. The Kier molecular flexibility index (Phi) is 10.8. The molecular formula is C26H35FN2O6. The molecule has 0 aliphatic rings. The molecule has 2 aromatic rings. The van der Waals surface area contributed by atoms with Crippen LogP contribution in [0.1, 0.15) is 44.9 Å². The van der Waals surface area contributed by atoms with Crippen LogP contribution < -0.4 is 20.1 Å². The van der Waals surface area contributed by atoms with Crippen molar-refractivity contribution >= 4 is 12.0 Å². The predicted octanol–water partition coefficient (Wildman–Crippen LogP) is 4.38. The van der Waals surface area contributed by atoms with Crippen molar-refractivity contribution in [3.05, 3.63) is 59.4 Å². The van der Waals surface area contributed by atoms with Gasteiger partial charge in [0.15, 0.2) is 11.5 Å². The van der Waals surface area contributed by atoms with Gasteiger partial charge in [-0.05, 0) is 55.2 Å². The smallest absolute Gasteiger partial charge is 0.408 e. The molecule has 9 heteroatoms. The standard InChI is InChI=1S/C26H35FN2O6/c1-16(2)24(29-26(31)35-17(3)4)25(30)28-21(15-34-14-18-7-10-20(27)11-8-18)19-9-12-22(32-5)23(13-19)33-6/h7-13,16-17,21,24H,14-15H2,1-6H3,(H,28,30)(H,29,31). The van der Waals surface area contributed by atoms with Crippen molar-refractivity contribution in [1.29, 1.82) is 0 Å². The highest BCUT2D eigenvalue weighted by Crippen LogP contribution is 2.30. The zero-order chi connectivity index (χ0) is 26.0. The number of carbonyl (C=O) groups is 2. The summed E-state index contributed by atoms with van der Waals surface area (Å²) in [6, 6.07) is 9.92. The third-order valence-corrected chi connectivity index (χ3v) is 5.16. The number of rotatable bonds is 12. The molecule has 0 heterocycles. The number of ether oxygens (including phenoxy) is 4. The number of halogens is 1. The quantitative estimate of drug-likeness (QED) is 0.459. The van der Waals surface area contributed by atoms with Crippen LogP contribution >= 0.6 is 0 Å². The van der Waals surface area contributed by atoms with Crippen LogP contribution in [0.15, 0.2) is 42.5 Å². The molecule has 2 N–H and O–H groups in total. The molecule has 35 heavy (non-hydrogen) atoms. The second-order valence-electron chi connectivity index (χ2n) is 8.64. The van der Waals surface area contributed by atoms with E-state index in [9.17, 15) is 14.0 Å². The van der Waals surface area contributed by atoms with Crippen molar-refractivity contribution in [3.8, 4) is 11.5 Å². The highest BCUT2D eigenvalue weighted by atomic mass is 19.1. The van der Waals surface area contributed by atoms with Crippen LogP contribution in [0.2, 0.25) is 0 Å². The lowest BCUT2D eigenvalue weighted by atomic mass is 10.0. The third-order valence-electron chi connectivity index (χ3n) is 5.16. The maximum Gasteiger partial charge on any atom is 0.408 e. The summed E-state index contributed by atoms with van der Waals surface area (Å²) < 4.78 is 34.9. The van der Waals surface area contributed by atoms with Gasteiger partial charge in [0.25, 0.3) is 0 Å². The summed E-state index contributed by atoms with van der Waals surface area (Å²) in [4.78, 5) is 25.3. The number of amides is 2. The summed E-state index contributed by atoms with van der Waals surface area (Å²) in [5, 5.41) is 5.61. The van der Waals surface area contributed by atoms with Gasteiger partial charge in [-0.25, -0.2) is 9.18 Å². The first-order valence-electron chi connectivity index (χ1n) is 11.5. The summed E-state index contributed by atoms with van der Waals surface area (Å²) in [7, 11) is 3.07. The minimum absolute atomic E-state index is 0.125. The van der Waals surface area contributed by atoms with Crippen LogP contribution in [0.4, 0.5) is 9.18 Å². The van der Waals surface area contributed by atoms with E-state index in [4.69, 9.17) is 18.9 Å². The lowest BCUT2D eigenvalue weighted by Gasteiger charge is -2.26. The van der Waals surface area contributed by atoms with E-state index < -0.39 is 18.2 Å². The van der Waals surface area contributed by atoms with Gasteiger partial charge in [-0.1, -0.05) is 32.0 Å². The van der Waals surface area contributed by atoms with Gasteiger partial charge >= 0.3 is 6.09 Å². The molecule has 2 aromatic carbocycles. The Morgan fingerprint density at radius 1 is 0.914 bits per heavy atom. The molecule has 2 rings (SSSR count). The summed E-state index contributed by atoms with van der Waals surface area (Å²) >= 11 is 0. The van der Waals surface area contributed by atoms with Gasteiger partial charge in [-0.2, -0.15) is 0 Å². The molecule has 0 aliphatic heterocycles. The summed E-state index contributed by atoms with van der Waals surface area (Å²) in [5.41, 5.74) is 1.52. The molecule has 2 amide bonds. The fraction of sp³-hybridized carbons (Fsp3) is 0.462. The van der Waals surface area contributed by atoms with Gasteiger partial charge in [0.2, 0.25) is 5.91 Å². The fourth-order valence-electron chi connectivity index (χ4n) is 3.34. The molecule has 8 nitrogen and oxygen atoms in total. The van der Waals surface area contributed by atoms with Crippen LogP contribution in [-0.2, 0) is 20.9 Å². The lowest BCUT2D eigenvalue weighted by Crippen LogP contribution is -2.51. The topological polar surface area (TPSA) is 95.1 Å². The first-order chi connectivity index (χ1) is 16.6. The van der Waals surface area contributed by atoms with Gasteiger partial charge < -0.3 is 29.6 Å². The average molecular weight is 491 g/mol. The molecule has 0 saturated carbocycles. The number of hydrogen-bond donors (Lipinski definition) is 2. The molecule has 0 spiro atoms. The molecule has 0 saturated heterocycles. The van der Waals surface area contributed by atoms with E-state index in [1.807, 2.05) is 13.8 Å². The van der Waals surface area contributed by atoms with Crippen LogP contribution in [0.3, 0.4) is 0 Å². The molecule has 0 fully saturated rings. The largest absolute Gasteiger partial charge is 0.493 e. The number of methoxy groups -OCH3 is 2. The lowest BCUT2D eigenvalue weighted by molar-refractivity contribution is -0.125. The van der Waals surface area contributed by atoms with Gasteiger partial charge in [0.05, 0.1) is 39.6 Å². The van der Waals surface area contributed by atoms with E-state index in [2.05, 4.69) is 10.6 Å². The maximum atomic E-state index is 13.2. The zero-order valence-electron chi connectivity index (χ0n) is 21.1. The number of benzene rings is 2. The van der Waals surface area contributed by atoms with E-state index in [1.54, 1.807) is 44.2 Å². The van der Waals surface area contributed by atoms with E-state index in [0.717, 1.165) is 11.1 Å². The van der Waals surface area contributed by atoms with Gasteiger partial charge in [0, 0.05) is 0 Å². The van der Waals surface area contributed by atoms with Crippen molar-refractivity contribution < 1.29 is 32.9 Å². The van der Waals surface area contributed by atoms with Crippen molar-refractivity contribution in [3.63, 3.8) is 0 Å². The third kappa shape index (κ3) is 8.75. The van der Waals surface area contributed by atoms with E-state index in [1.165, 1.54) is 26.4 Å². The van der Waals surface area contributed by atoms with Gasteiger partial charge in [0.1, 0.15) is 11.9 Å². The Morgan fingerprint density at radius 2 is 1.57 bits per heavy atom. The van der Waals surface area contributed by atoms with Crippen molar-refractivity contribution in [2.45, 2.75) is 52.5 Å². The van der Waals surface area contributed by atoms with Gasteiger partial charge in [-0.15, -0.1) is 0 Å². The van der Waals surface area contributed by atoms with Crippen LogP contribution in [0.5, 0.6) is 11.5 Å². The van der Waals surface area contributed by atoms with Crippen molar-refractivity contribution in [2.24, 2.45) is 5.92 Å². The van der Waals surface area contributed by atoms with Crippen LogP contribution in [0, 0.1) is 11.7 Å². The molecule has 2 unspecified atom stereocenters. The van der Waals surface area contributed by atoms with Crippen LogP contribution in [-0.4, -0.2) is 45.0 Å². The first-order valence-corrected chi connectivity index (χ1v) is 11.5. The number of nitrogens with one attached hydrogen (secondary N) is 2. The second-order valence-corrected chi connectivity index (χ2v) is 8.64. The van der Waals surface area contributed by atoms with Crippen LogP contribution in [0.25, 0.3) is 0 Å². The molecule has 0 aromatic heterocycles. The highest BCUT2D eigenvalue weighted by molar-refractivity contribution is 5.86. The summed E-state index contributed by atoms with van der Waals surface area (Å²) in [6.07, 6.45) is -0.977. The molecule has 0 radical (unpaired) electrons. The van der Waals surface area contributed by atoms with E-state index >= 15 is 0 Å². The average Bonchev–Trinajstić information content (AvgIpc) is 2.81. The normalized spacial score (nSPS) is 12.7. The molecule has 2 atom stereocenters.